The van der Waals surface area contributed by atoms with Gasteiger partial charge in [0.05, 0.1) is 24.7 Å². The number of ether oxygens (including phenoxy) is 1. The molecule has 6 heteroatoms. The summed E-state index contributed by atoms with van der Waals surface area (Å²) in [5.41, 5.74) is 1.82. The molecule has 6 nitrogen and oxygen atoms in total. The van der Waals surface area contributed by atoms with Crippen molar-refractivity contribution in [3.63, 3.8) is 0 Å². The Kier molecular flexibility index (Phi) is 3.04. The number of anilines is 2. The zero-order chi connectivity index (χ0) is 12.3. The molecule has 0 aliphatic heterocycles. The molecule has 1 N–H and O–H groups in total. The van der Waals surface area contributed by atoms with Crippen LogP contribution in [0.2, 0.25) is 0 Å². The van der Waals surface area contributed by atoms with E-state index >= 15 is 0 Å². The lowest BCUT2D eigenvalue weighted by atomic mass is 10.2. The Hall–Kier alpha value is -2.37. The number of esters is 1. The molecule has 0 bridgehead atoms. The van der Waals surface area contributed by atoms with E-state index in [0.717, 1.165) is 5.69 Å². The Morgan fingerprint density at radius 2 is 2.29 bits per heavy atom. The van der Waals surface area contributed by atoms with Crippen molar-refractivity contribution in [2.75, 3.05) is 12.4 Å². The highest BCUT2D eigenvalue weighted by Gasteiger charge is 2.12. The number of hydrogen-bond donors (Lipinski definition) is 1. The molecule has 0 aliphatic carbocycles. The van der Waals surface area contributed by atoms with Crippen molar-refractivity contribution >= 4 is 17.3 Å². The summed E-state index contributed by atoms with van der Waals surface area (Å²) in [6.45, 7) is 0. The minimum atomic E-state index is -0.426. The van der Waals surface area contributed by atoms with Crippen LogP contribution < -0.4 is 5.32 Å². The van der Waals surface area contributed by atoms with Crippen molar-refractivity contribution in [1.29, 1.82) is 0 Å². The SMILES string of the molecule is COC(=O)c1cnccc1Nc1cnn(C)c1. The van der Waals surface area contributed by atoms with Crippen LogP contribution in [0.25, 0.3) is 0 Å². The molecule has 2 aromatic rings. The number of hydrogen-bond acceptors (Lipinski definition) is 5. The number of nitrogens with one attached hydrogen (secondary N) is 1. The van der Waals surface area contributed by atoms with Crippen LogP contribution in [0.15, 0.2) is 30.9 Å². The first-order valence-corrected chi connectivity index (χ1v) is 4.98. The summed E-state index contributed by atoms with van der Waals surface area (Å²) in [6.07, 6.45) is 6.54. The van der Waals surface area contributed by atoms with Crippen LogP contribution in [-0.4, -0.2) is 27.8 Å². The van der Waals surface area contributed by atoms with E-state index in [4.69, 9.17) is 0 Å². The van der Waals surface area contributed by atoms with Gasteiger partial charge in [-0.2, -0.15) is 5.10 Å². The first-order chi connectivity index (χ1) is 8.20. The smallest absolute Gasteiger partial charge is 0.341 e. The summed E-state index contributed by atoms with van der Waals surface area (Å²) < 4.78 is 6.35. The van der Waals surface area contributed by atoms with Gasteiger partial charge in [0, 0.05) is 25.6 Å². The van der Waals surface area contributed by atoms with E-state index in [1.165, 1.54) is 13.3 Å². The van der Waals surface area contributed by atoms with Gasteiger partial charge in [0.25, 0.3) is 0 Å². The quantitative estimate of drug-likeness (QED) is 0.809. The summed E-state index contributed by atoms with van der Waals surface area (Å²) in [4.78, 5) is 15.4. The van der Waals surface area contributed by atoms with Crippen LogP contribution in [0.5, 0.6) is 0 Å². The van der Waals surface area contributed by atoms with Gasteiger partial charge < -0.3 is 10.1 Å². The summed E-state index contributed by atoms with van der Waals surface area (Å²) in [6, 6.07) is 1.71. The fourth-order valence-corrected chi connectivity index (χ4v) is 1.42. The van der Waals surface area contributed by atoms with E-state index in [1.807, 2.05) is 13.2 Å². The molecule has 0 radical (unpaired) electrons. The first-order valence-electron chi connectivity index (χ1n) is 4.98. The summed E-state index contributed by atoms with van der Waals surface area (Å²) in [5.74, 6) is -0.426. The number of nitrogens with zero attached hydrogens (tertiary/aromatic N) is 3. The normalized spacial score (nSPS) is 10.0. The van der Waals surface area contributed by atoms with Crippen LogP contribution >= 0.6 is 0 Å². The molecule has 2 heterocycles. The van der Waals surface area contributed by atoms with Crippen LogP contribution in [0.3, 0.4) is 0 Å². The van der Waals surface area contributed by atoms with Gasteiger partial charge in [0.2, 0.25) is 0 Å². The fourth-order valence-electron chi connectivity index (χ4n) is 1.42. The van der Waals surface area contributed by atoms with Crippen molar-refractivity contribution < 1.29 is 9.53 Å². The molecule has 0 atom stereocenters. The maximum atomic E-state index is 11.5. The van der Waals surface area contributed by atoms with E-state index in [0.29, 0.717) is 11.3 Å². The number of aryl methyl sites for hydroxylation is 1. The maximum absolute atomic E-state index is 11.5. The molecule has 2 aromatic heterocycles. The Morgan fingerprint density at radius 3 is 2.94 bits per heavy atom. The average Bonchev–Trinajstić information content (AvgIpc) is 2.74. The van der Waals surface area contributed by atoms with Gasteiger partial charge in [-0.3, -0.25) is 9.67 Å². The molecule has 0 saturated carbocycles. The van der Waals surface area contributed by atoms with E-state index in [2.05, 4.69) is 20.1 Å². The lowest BCUT2D eigenvalue weighted by Crippen LogP contribution is -2.05. The van der Waals surface area contributed by atoms with Crippen LogP contribution in [-0.2, 0) is 11.8 Å². The maximum Gasteiger partial charge on any atom is 0.341 e. The van der Waals surface area contributed by atoms with E-state index < -0.39 is 5.97 Å². The minimum Gasteiger partial charge on any atom is -0.465 e. The molecule has 0 spiro atoms. The van der Waals surface area contributed by atoms with Crippen LogP contribution in [0.1, 0.15) is 10.4 Å². The van der Waals surface area contributed by atoms with Crippen molar-refractivity contribution in [1.82, 2.24) is 14.8 Å². The highest BCUT2D eigenvalue weighted by molar-refractivity contribution is 5.95. The molecule has 0 aromatic carbocycles. The zero-order valence-corrected chi connectivity index (χ0v) is 9.54. The lowest BCUT2D eigenvalue weighted by molar-refractivity contribution is 0.0601. The van der Waals surface area contributed by atoms with Crippen molar-refractivity contribution in [2.24, 2.45) is 7.05 Å². The Balaban J connectivity index is 2.29. The van der Waals surface area contributed by atoms with Crippen molar-refractivity contribution in [3.05, 3.63) is 36.4 Å². The third kappa shape index (κ3) is 2.41. The van der Waals surface area contributed by atoms with E-state index in [1.54, 1.807) is 23.1 Å². The van der Waals surface area contributed by atoms with Crippen molar-refractivity contribution in [2.45, 2.75) is 0 Å². The number of aromatic nitrogens is 3. The number of methoxy groups -OCH3 is 1. The van der Waals surface area contributed by atoms with Gasteiger partial charge in [-0.15, -0.1) is 0 Å². The number of rotatable bonds is 3. The molecule has 0 unspecified atom stereocenters. The van der Waals surface area contributed by atoms with Crippen molar-refractivity contribution in [3.8, 4) is 0 Å². The van der Waals surface area contributed by atoms with Gasteiger partial charge in [-0.1, -0.05) is 0 Å². The van der Waals surface area contributed by atoms with E-state index in [9.17, 15) is 4.79 Å². The highest BCUT2D eigenvalue weighted by atomic mass is 16.5. The summed E-state index contributed by atoms with van der Waals surface area (Å²) in [7, 11) is 3.15. The Morgan fingerprint density at radius 1 is 1.47 bits per heavy atom. The Labute approximate surface area is 98.2 Å². The first kappa shape index (κ1) is 11.1. The molecule has 0 aliphatic rings. The monoisotopic (exact) mass is 232 g/mol. The van der Waals surface area contributed by atoms with Gasteiger partial charge in [-0.05, 0) is 6.07 Å². The van der Waals surface area contributed by atoms with E-state index in [-0.39, 0.29) is 0 Å². The standard InChI is InChI=1S/C11H12N4O2/c1-15-7-8(5-13-15)14-10-3-4-12-6-9(10)11(16)17-2/h3-7H,1-2H3,(H,12,14). The predicted octanol–water partition coefficient (Wildman–Crippen LogP) is 1.35. The Bertz CT molecular complexity index is 536. The molecular weight excluding hydrogens is 220 g/mol. The fraction of sp³-hybridized carbons (Fsp3) is 0.182. The second kappa shape index (κ2) is 4.65. The number of carbonyl (C=O) groups excluding carboxylic acids is 1. The molecule has 0 amide bonds. The van der Waals surface area contributed by atoms with Crippen LogP contribution in [0, 0.1) is 0 Å². The second-order valence-corrected chi connectivity index (χ2v) is 3.44. The molecule has 2 rings (SSSR count). The molecule has 88 valence electrons. The second-order valence-electron chi connectivity index (χ2n) is 3.44. The van der Waals surface area contributed by atoms with Gasteiger partial charge in [-0.25, -0.2) is 4.79 Å². The topological polar surface area (TPSA) is 69.0 Å². The van der Waals surface area contributed by atoms with Gasteiger partial charge in [0.1, 0.15) is 5.56 Å². The third-order valence-corrected chi connectivity index (χ3v) is 2.21. The zero-order valence-electron chi connectivity index (χ0n) is 9.54. The van der Waals surface area contributed by atoms with Gasteiger partial charge >= 0.3 is 5.97 Å². The average molecular weight is 232 g/mol. The summed E-state index contributed by atoms with van der Waals surface area (Å²) >= 11 is 0. The number of carbonyl (C=O) groups is 1. The highest BCUT2D eigenvalue weighted by Crippen LogP contribution is 2.19. The molecule has 17 heavy (non-hydrogen) atoms. The summed E-state index contributed by atoms with van der Waals surface area (Å²) in [5, 5.41) is 7.11. The molecule has 0 saturated heterocycles. The number of pyridine rings is 1. The van der Waals surface area contributed by atoms with Gasteiger partial charge in [0.15, 0.2) is 0 Å². The third-order valence-electron chi connectivity index (χ3n) is 2.21. The lowest BCUT2D eigenvalue weighted by Gasteiger charge is -2.07. The minimum absolute atomic E-state index is 0.388. The molecular formula is C11H12N4O2. The predicted molar refractivity (Wildman–Crippen MR) is 62.1 cm³/mol. The van der Waals surface area contributed by atoms with Crippen LogP contribution in [0.4, 0.5) is 11.4 Å². The molecule has 0 fully saturated rings. The largest absolute Gasteiger partial charge is 0.465 e.